The molecule has 4 aromatic carbocycles. The lowest BCUT2D eigenvalue weighted by atomic mass is 10.1. The maximum Gasteiger partial charge on any atom is 0.264 e. The zero-order chi connectivity index (χ0) is 32.7. The largest absolute Gasteiger partial charge is 0.497 e. The minimum absolute atomic E-state index is 0.105. The first kappa shape index (κ1) is 32.2. The van der Waals surface area contributed by atoms with Crippen LogP contribution in [-0.4, -0.2) is 67.3 Å². The number of amides is 2. The molecule has 1 atom stereocenters. The number of rotatable bonds is 12. The molecular weight excluding hydrogens is 610 g/mol. The van der Waals surface area contributed by atoms with Crippen molar-refractivity contribution in [1.82, 2.24) is 5.32 Å². The van der Waals surface area contributed by atoms with Gasteiger partial charge < -0.3 is 29.2 Å². The smallest absolute Gasteiger partial charge is 0.264 e. The number of methoxy groups -OCH3 is 3. The lowest BCUT2D eigenvalue weighted by Gasteiger charge is -2.35. The number of carbonyl (C=O) groups is 2. The van der Waals surface area contributed by atoms with E-state index in [-0.39, 0.29) is 28.8 Å². The molecule has 1 unspecified atom stereocenters. The number of anilines is 2. The van der Waals surface area contributed by atoms with Gasteiger partial charge in [0.15, 0.2) is 17.6 Å². The molecule has 0 radical (unpaired) electrons. The van der Waals surface area contributed by atoms with Gasteiger partial charge in [-0.2, -0.15) is 0 Å². The number of hydrogen-bond acceptors (Lipinski definition) is 8. The second kappa shape index (κ2) is 14.2. The standard InChI is InChI=1S/C34H35N3O8S/c1-42-26-15-13-25(14-16-26)37(46(40,41)27-17-18-30(43-2)31(21-27)44-3)23-33(38)36-22-32(45-29-12-8-7-11-28(29)36)34(39)35-20-19-24-9-5-4-6-10-24/h4-18,21,32H,19-20,22-23H2,1-3H3,(H,35,39). The van der Waals surface area contributed by atoms with Crippen molar-refractivity contribution in [1.29, 1.82) is 0 Å². The molecule has 5 rings (SSSR count). The lowest BCUT2D eigenvalue weighted by Crippen LogP contribution is -2.53. The van der Waals surface area contributed by atoms with Crippen LogP contribution in [0.4, 0.5) is 11.4 Å². The van der Waals surface area contributed by atoms with E-state index in [9.17, 15) is 18.0 Å². The lowest BCUT2D eigenvalue weighted by molar-refractivity contribution is -0.128. The fraction of sp³-hybridized carbons (Fsp3) is 0.235. The van der Waals surface area contributed by atoms with Gasteiger partial charge in [0.25, 0.3) is 15.9 Å². The summed E-state index contributed by atoms with van der Waals surface area (Å²) in [6.45, 7) is -0.299. The maximum absolute atomic E-state index is 14.2. The van der Waals surface area contributed by atoms with Gasteiger partial charge >= 0.3 is 0 Å². The number of nitrogens with one attached hydrogen (secondary N) is 1. The Kier molecular flexibility index (Phi) is 9.97. The van der Waals surface area contributed by atoms with Gasteiger partial charge in [0.05, 0.1) is 44.1 Å². The SMILES string of the molecule is COc1ccc(N(CC(=O)N2CC(C(=O)NCCc3ccccc3)Oc3ccccc32)S(=O)(=O)c2ccc(OC)c(OC)c2)cc1. The van der Waals surface area contributed by atoms with Crippen molar-refractivity contribution in [2.75, 3.05) is 50.2 Å². The average molecular weight is 646 g/mol. The molecule has 12 heteroatoms. The van der Waals surface area contributed by atoms with Crippen LogP contribution in [0.5, 0.6) is 23.0 Å². The summed E-state index contributed by atoms with van der Waals surface area (Å²) < 4.78 is 51.2. The fourth-order valence-corrected chi connectivity index (χ4v) is 6.50. The molecule has 1 aliphatic rings. The van der Waals surface area contributed by atoms with Crippen LogP contribution in [0.2, 0.25) is 0 Å². The highest BCUT2D eigenvalue weighted by atomic mass is 32.2. The highest BCUT2D eigenvalue weighted by Gasteiger charge is 2.36. The maximum atomic E-state index is 14.2. The summed E-state index contributed by atoms with van der Waals surface area (Å²) in [7, 11) is 0.0447. The number of sulfonamides is 1. The van der Waals surface area contributed by atoms with Gasteiger partial charge in [-0.1, -0.05) is 42.5 Å². The van der Waals surface area contributed by atoms with Crippen molar-refractivity contribution >= 4 is 33.2 Å². The first-order valence-corrected chi connectivity index (χ1v) is 16.0. The third-order valence-corrected chi connectivity index (χ3v) is 9.28. The van der Waals surface area contributed by atoms with Crippen molar-refractivity contribution in [3.63, 3.8) is 0 Å². The van der Waals surface area contributed by atoms with Crippen LogP contribution in [0.15, 0.2) is 102 Å². The number of benzene rings is 4. The number of ether oxygens (including phenoxy) is 4. The van der Waals surface area contributed by atoms with Gasteiger partial charge in [-0.25, -0.2) is 8.42 Å². The van der Waals surface area contributed by atoms with Crippen molar-refractivity contribution in [3.05, 3.63) is 103 Å². The molecule has 0 aromatic heterocycles. The Labute approximate surface area is 268 Å². The summed E-state index contributed by atoms with van der Waals surface area (Å²) >= 11 is 0. The van der Waals surface area contributed by atoms with E-state index in [4.69, 9.17) is 18.9 Å². The predicted molar refractivity (Wildman–Crippen MR) is 173 cm³/mol. The van der Waals surface area contributed by atoms with Gasteiger partial charge in [-0.05, 0) is 60.5 Å². The average Bonchev–Trinajstić information content (AvgIpc) is 3.10. The molecule has 0 spiro atoms. The predicted octanol–water partition coefficient (Wildman–Crippen LogP) is 4.06. The molecule has 240 valence electrons. The Morgan fingerprint density at radius 1 is 0.870 bits per heavy atom. The number of hydrogen-bond donors (Lipinski definition) is 1. The summed E-state index contributed by atoms with van der Waals surface area (Å²) in [5.74, 6) is 0.482. The zero-order valence-electron chi connectivity index (χ0n) is 25.7. The summed E-state index contributed by atoms with van der Waals surface area (Å²) in [4.78, 5) is 28.6. The molecule has 0 bridgehead atoms. The Hall–Kier alpha value is -5.23. The molecule has 1 aliphatic heterocycles. The van der Waals surface area contributed by atoms with Crippen LogP contribution in [0, 0.1) is 0 Å². The number of carbonyl (C=O) groups excluding carboxylic acids is 2. The van der Waals surface area contributed by atoms with E-state index < -0.39 is 28.6 Å². The van der Waals surface area contributed by atoms with Crippen molar-refractivity contribution < 1.29 is 37.0 Å². The molecule has 1 heterocycles. The van der Waals surface area contributed by atoms with Crippen LogP contribution in [-0.2, 0) is 26.0 Å². The van der Waals surface area contributed by atoms with Crippen LogP contribution in [0.3, 0.4) is 0 Å². The highest BCUT2D eigenvalue weighted by molar-refractivity contribution is 7.92. The third kappa shape index (κ3) is 7.02. The second-order valence-corrected chi connectivity index (χ2v) is 12.2. The van der Waals surface area contributed by atoms with Crippen LogP contribution < -0.4 is 33.5 Å². The van der Waals surface area contributed by atoms with Gasteiger partial charge in [-0.15, -0.1) is 0 Å². The van der Waals surface area contributed by atoms with Crippen molar-refractivity contribution in [3.8, 4) is 23.0 Å². The van der Waals surface area contributed by atoms with Gasteiger partial charge in [0, 0.05) is 12.6 Å². The third-order valence-electron chi connectivity index (χ3n) is 7.51. The van der Waals surface area contributed by atoms with Crippen LogP contribution >= 0.6 is 0 Å². The van der Waals surface area contributed by atoms with E-state index in [2.05, 4.69) is 5.32 Å². The fourth-order valence-electron chi connectivity index (χ4n) is 5.07. The van der Waals surface area contributed by atoms with E-state index in [1.165, 1.54) is 44.4 Å². The molecule has 0 saturated carbocycles. The highest BCUT2D eigenvalue weighted by Crippen LogP contribution is 2.35. The molecule has 11 nitrogen and oxygen atoms in total. The minimum Gasteiger partial charge on any atom is -0.497 e. The van der Waals surface area contributed by atoms with Crippen molar-refractivity contribution in [2.24, 2.45) is 0 Å². The first-order valence-electron chi connectivity index (χ1n) is 14.5. The minimum atomic E-state index is -4.31. The molecule has 4 aromatic rings. The van der Waals surface area contributed by atoms with Crippen LogP contribution in [0.25, 0.3) is 0 Å². The molecule has 1 N–H and O–H groups in total. The van der Waals surface area contributed by atoms with E-state index >= 15 is 0 Å². The monoisotopic (exact) mass is 645 g/mol. The normalized spacial score (nSPS) is 14.0. The Bertz CT molecular complexity index is 1780. The number of para-hydroxylation sites is 2. The quantitative estimate of drug-likeness (QED) is 0.245. The van der Waals surface area contributed by atoms with Gasteiger partial charge in [0.1, 0.15) is 18.0 Å². The molecular formula is C34H35N3O8S. The Balaban J connectivity index is 1.43. The van der Waals surface area contributed by atoms with Gasteiger partial charge in [-0.3, -0.25) is 13.9 Å². The zero-order valence-corrected chi connectivity index (χ0v) is 26.5. The summed E-state index contributed by atoms with van der Waals surface area (Å²) in [5.41, 5.74) is 1.74. The number of fused-ring (bicyclic) bond motifs is 1. The second-order valence-electron chi connectivity index (χ2n) is 10.3. The first-order chi connectivity index (χ1) is 22.2. The van der Waals surface area contributed by atoms with Crippen LogP contribution in [0.1, 0.15) is 5.56 Å². The Morgan fingerprint density at radius 3 is 2.26 bits per heavy atom. The summed E-state index contributed by atoms with van der Waals surface area (Å²) in [5, 5.41) is 2.89. The molecule has 0 saturated heterocycles. The van der Waals surface area contributed by atoms with E-state index in [1.54, 1.807) is 48.5 Å². The van der Waals surface area contributed by atoms with Gasteiger partial charge in [0.2, 0.25) is 5.91 Å². The van der Waals surface area contributed by atoms with Crippen molar-refractivity contribution in [2.45, 2.75) is 17.4 Å². The van der Waals surface area contributed by atoms with E-state index in [1.807, 2.05) is 30.3 Å². The topological polar surface area (TPSA) is 124 Å². The molecule has 0 fully saturated rings. The summed E-state index contributed by atoms with van der Waals surface area (Å²) in [6.07, 6.45) is -0.380. The Morgan fingerprint density at radius 2 is 1.57 bits per heavy atom. The summed E-state index contributed by atoms with van der Waals surface area (Å²) in [6, 6.07) is 27.1. The molecule has 2 amide bonds. The van der Waals surface area contributed by atoms with E-state index in [0.29, 0.717) is 35.9 Å². The number of nitrogens with zero attached hydrogens (tertiary/aromatic N) is 2. The molecule has 0 aliphatic carbocycles. The van der Waals surface area contributed by atoms with E-state index in [0.717, 1.165) is 9.87 Å². The molecule has 46 heavy (non-hydrogen) atoms.